The second kappa shape index (κ2) is 5.15. The van der Waals surface area contributed by atoms with E-state index in [1.54, 1.807) is 12.1 Å². The van der Waals surface area contributed by atoms with E-state index in [0.29, 0.717) is 12.8 Å². The Hall–Kier alpha value is -0.600. The molecule has 0 heterocycles. The predicted molar refractivity (Wildman–Crippen MR) is 65.2 cm³/mol. The van der Waals surface area contributed by atoms with Crippen LogP contribution in [0.3, 0.4) is 0 Å². The summed E-state index contributed by atoms with van der Waals surface area (Å²) in [6, 6.07) is 4.57. The Balaban J connectivity index is 2.63. The Morgan fingerprint density at radius 2 is 2.00 bits per heavy atom. The van der Waals surface area contributed by atoms with E-state index in [1.165, 1.54) is 6.07 Å². The maximum Gasteiger partial charge on any atom is 0.141 e. The number of halogens is 2. The molecule has 1 atom stereocenters. The molecule has 0 fully saturated rings. The highest BCUT2D eigenvalue weighted by Crippen LogP contribution is 2.23. The van der Waals surface area contributed by atoms with Gasteiger partial charge in [0.15, 0.2) is 0 Å². The highest BCUT2D eigenvalue weighted by atomic mass is 35.5. The first-order chi connectivity index (χ1) is 7.28. The van der Waals surface area contributed by atoms with Crippen molar-refractivity contribution in [2.45, 2.75) is 39.7 Å². The summed E-state index contributed by atoms with van der Waals surface area (Å²) in [7, 11) is 0. The molecule has 0 spiro atoms. The molecule has 0 saturated carbocycles. The molecule has 1 aromatic carbocycles. The van der Waals surface area contributed by atoms with E-state index in [2.05, 4.69) is 20.8 Å². The summed E-state index contributed by atoms with van der Waals surface area (Å²) >= 11 is 5.67. The van der Waals surface area contributed by atoms with Crippen LogP contribution in [0.2, 0.25) is 5.02 Å². The van der Waals surface area contributed by atoms with E-state index >= 15 is 0 Å². The maximum atomic E-state index is 12.9. The molecule has 3 heteroatoms. The normalized spacial score (nSPS) is 13.9. The summed E-state index contributed by atoms with van der Waals surface area (Å²) in [5.41, 5.74) is 0.951. The van der Waals surface area contributed by atoms with Gasteiger partial charge in [0, 0.05) is 0 Å². The Kier molecular flexibility index (Phi) is 4.34. The highest BCUT2D eigenvalue weighted by molar-refractivity contribution is 6.30. The summed E-state index contributed by atoms with van der Waals surface area (Å²) in [6.45, 7) is 6.23. The van der Waals surface area contributed by atoms with Crippen LogP contribution >= 0.6 is 11.6 Å². The third kappa shape index (κ3) is 4.50. The van der Waals surface area contributed by atoms with Crippen LogP contribution in [-0.4, -0.2) is 11.2 Å². The molecule has 0 bridgehead atoms. The van der Waals surface area contributed by atoms with Crippen molar-refractivity contribution in [2.24, 2.45) is 5.41 Å². The maximum absolute atomic E-state index is 12.9. The first-order valence-corrected chi connectivity index (χ1v) is 5.78. The van der Waals surface area contributed by atoms with Crippen molar-refractivity contribution in [2.75, 3.05) is 0 Å². The van der Waals surface area contributed by atoms with E-state index in [-0.39, 0.29) is 10.4 Å². The van der Waals surface area contributed by atoms with Crippen molar-refractivity contribution in [3.8, 4) is 0 Å². The molecule has 16 heavy (non-hydrogen) atoms. The molecule has 0 aliphatic heterocycles. The number of hydrogen-bond donors (Lipinski definition) is 1. The Morgan fingerprint density at radius 3 is 2.50 bits per heavy atom. The molecule has 0 radical (unpaired) electrons. The molecule has 1 nitrogen and oxygen atoms in total. The zero-order valence-electron chi connectivity index (χ0n) is 9.93. The van der Waals surface area contributed by atoms with Gasteiger partial charge in [-0.15, -0.1) is 0 Å². The molecule has 1 rings (SSSR count). The molecule has 1 aromatic rings. The summed E-state index contributed by atoms with van der Waals surface area (Å²) in [4.78, 5) is 0. The number of rotatable bonds is 3. The molecule has 90 valence electrons. The highest BCUT2D eigenvalue weighted by Gasteiger charge is 2.17. The van der Waals surface area contributed by atoms with Crippen LogP contribution in [0, 0.1) is 11.2 Å². The molecule has 1 N–H and O–H groups in total. The van der Waals surface area contributed by atoms with Gasteiger partial charge in [0.25, 0.3) is 0 Å². The SMILES string of the molecule is CC(C)(C)CC(O)Cc1ccc(F)c(Cl)c1. The zero-order valence-corrected chi connectivity index (χ0v) is 10.7. The number of hydrogen-bond acceptors (Lipinski definition) is 1. The van der Waals surface area contributed by atoms with Crippen molar-refractivity contribution in [3.05, 3.63) is 34.6 Å². The molecular weight excluding hydrogens is 227 g/mol. The quantitative estimate of drug-likeness (QED) is 0.857. The van der Waals surface area contributed by atoms with Gasteiger partial charge in [-0.25, -0.2) is 4.39 Å². The summed E-state index contributed by atoms with van der Waals surface area (Å²) < 4.78 is 12.9. The number of aliphatic hydroxyl groups excluding tert-OH is 1. The van der Waals surface area contributed by atoms with Crippen LogP contribution in [0.25, 0.3) is 0 Å². The lowest BCUT2D eigenvalue weighted by molar-refractivity contribution is 0.121. The lowest BCUT2D eigenvalue weighted by atomic mass is 9.87. The van der Waals surface area contributed by atoms with Crippen LogP contribution in [-0.2, 0) is 6.42 Å². The van der Waals surface area contributed by atoms with Gasteiger partial charge >= 0.3 is 0 Å². The standard InChI is InChI=1S/C13H18ClFO/c1-13(2,3)8-10(16)6-9-4-5-12(15)11(14)7-9/h4-5,7,10,16H,6,8H2,1-3H3. The zero-order chi connectivity index (χ0) is 12.3. The smallest absolute Gasteiger partial charge is 0.141 e. The fourth-order valence-electron chi connectivity index (χ4n) is 1.72. The van der Waals surface area contributed by atoms with Crippen LogP contribution < -0.4 is 0 Å². The lowest BCUT2D eigenvalue weighted by Gasteiger charge is -2.22. The van der Waals surface area contributed by atoms with Crippen molar-refractivity contribution in [1.82, 2.24) is 0 Å². The monoisotopic (exact) mass is 244 g/mol. The van der Waals surface area contributed by atoms with Crippen molar-refractivity contribution >= 4 is 11.6 Å². The van der Waals surface area contributed by atoms with E-state index in [9.17, 15) is 9.50 Å². The lowest BCUT2D eigenvalue weighted by Crippen LogP contribution is -2.19. The first-order valence-electron chi connectivity index (χ1n) is 5.40. The fraction of sp³-hybridized carbons (Fsp3) is 0.538. The van der Waals surface area contributed by atoms with Crippen LogP contribution in [0.15, 0.2) is 18.2 Å². The average molecular weight is 245 g/mol. The summed E-state index contributed by atoms with van der Waals surface area (Å²) in [6.07, 6.45) is 0.806. The van der Waals surface area contributed by atoms with E-state index in [1.807, 2.05) is 0 Å². The number of aliphatic hydroxyl groups is 1. The van der Waals surface area contributed by atoms with Crippen molar-refractivity contribution in [3.63, 3.8) is 0 Å². The fourth-order valence-corrected chi connectivity index (χ4v) is 1.92. The van der Waals surface area contributed by atoms with E-state index in [0.717, 1.165) is 5.56 Å². The van der Waals surface area contributed by atoms with E-state index in [4.69, 9.17) is 11.6 Å². The minimum atomic E-state index is -0.421. The van der Waals surface area contributed by atoms with Gasteiger partial charge < -0.3 is 5.11 Å². The van der Waals surface area contributed by atoms with Crippen LogP contribution in [0.4, 0.5) is 4.39 Å². The second-order valence-corrected chi connectivity index (χ2v) is 5.78. The summed E-state index contributed by atoms with van der Waals surface area (Å²) in [5.74, 6) is -0.421. The van der Waals surface area contributed by atoms with Crippen LogP contribution in [0.1, 0.15) is 32.8 Å². The van der Waals surface area contributed by atoms with E-state index < -0.39 is 11.9 Å². The molecular formula is C13H18ClFO. The van der Waals surface area contributed by atoms with Gasteiger partial charge in [0.2, 0.25) is 0 Å². The largest absolute Gasteiger partial charge is 0.393 e. The van der Waals surface area contributed by atoms with Gasteiger partial charge in [0.05, 0.1) is 11.1 Å². The topological polar surface area (TPSA) is 20.2 Å². The number of benzene rings is 1. The first kappa shape index (κ1) is 13.5. The Labute approximate surface area is 101 Å². The van der Waals surface area contributed by atoms with Gasteiger partial charge in [-0.05, 0) is 36.0 Å². The molecule has 0 amide bonds. The molecule has 1 unspecified atom stereocenters. The predicted octanol–water partition coefficient (Wildman–Crippen LogP) is 3.82. The molecule has 0 saturated heterocycles. The Morgan fingerprint density at radius 1 is 1.38 bits per heavy atom. The summed E-state index contributed by atoms with van der Waals surface area (Å²) in [5, 5.41) is 9.97. The minimum Gasteiger partial charge on any atom is -0.393 e. The van der Waals surface area contributed by atoms with Gasteiger partial charge in [-0.2, -0.15) is 0 Å². The van der Waals surface area contributed by atoms with Gasteiger partial charge in [-0.3, -0.25) is 0 Å². The molecule has 0 aliphatic carbocycles. The van der Waals surface area contributed by atoms with Gasteiger partial charge in [-0.1, -0.05) is 38.4 Å². The molecule has 0 aliphatic rings. The van der Waals surface area contributed by atoms with Crippen molar-refractivity contribution in [1.29, 1.82) is 0 Å². The Bertz CT molecular complexity index is 357. The van der Waals surface area contributed by atoms with Gasteiger partial charge in [0.1, 0.15) is 5.82 Å². The van der Waals surface area contributed by atoms with Crippen molar-refractivity contribution < 1.29 is 9.50 Å². The minimum absolute atomic E-state index is 0.0865. The second-order valence-electron chi connectivity index (χ2n) is 5.37. The average Bonchev–Trinajstić information content (AvgIpc) is 2.08. The molecule has 0 aromatic heterocycles. The third-order valence-electron chi connectivity index (χ3n) is 2.30. The third-order valence-corrected chi connectivity index (χ3v) is 2.59. The van der Waals surface area contributed by atoms with Crippen LogP contribution in [0.5, 0.6) is 0 Å².